The Labute approximate surface area is 153 Å². The molecule has 4 rings (SSSR count). The van der Waals surface area contributed by atoms with Crippen molar-refractivity contribution in [2.45, 2.75) is 37.6 Å². The zero-order valence-electron chi connectivity index (χ0n) is 14.9. The highest BCUT2D eigenvalue weighted by atomic mass is 16.2. The van der Waals surface area contributed by atoms with Crippen molar-refractivity contribution < 1.29 is 9.59 Å². The smallest absolute Gasteiger partial charge is 0.272 e. The van der Waals surface area contributed by atoms with Crippen LogP contribution in [0.15, 0.2) is 42.9 Å². The van der Waals surface area contributed by atoms with Crippen LogP contribution in [0.3, 0.4) is 0 Å². The van der Waals surface area contributed by atoms with Gasteiger partial charge in [-0.25, -0.2) is 4.98 Å². The second kappa shape index (κ2) is 6.94. The molecule has 2 amide bonds. The summed E-state index contributed by atoms with van der Waals surface area (Å²) in [6.07, 6.45) is 7.21. The van der Waals surface area contributed by atoms with E-state index in [0.29, 0.717) is 18.8 Å². The summed E-state index contributed by atoms with van der Waals surface area (Å²) in [5.74, 6) is 0.00306. The molecule has 1 aromatic heterocycles. The van der Waals surface area contributed by atoms with Crippen LogP contribution < -0.4 is 0 Å². The van der Waals surface area contributed by atoms with E-state index in [4.69, 9.17) is 0 Å². The summed E-state index contributed by atoms with van der Waals surface area (Å²) in [5, 5.41) is 0. The lowest BCUT2D eigenvalue weighted by molar-refractivity contribution is -0.145. The lowest BCUT2D eigenvalue weighted by atomic mass is 9.85. The van der Waals surface area contributed by atoms with Crippen LogP contribution in [-0.4, -0.2) is 56.8 Å². The van der Waals surface area contributed by atoms with Gasteiger partial charge in [0.2, 0.25) is 5.91 Å². The minimum absolute atomic E-state index is 0.113. The molecule has 1 spiro atoms. The highest BCUT2D eigenvalue weighted by molar-refractivity contribution is 5.98. The summed E-state index contributed by atoms with van der Waals surface area (Å²) in [5.41, 5.74) is 1.02. The van der Waals surface area contributed by atoms with Gasteiger partial charge in [0, 0.05) is 19.6 Å². The van der Waals surface area contributed by atoms with Gasteiger partial charge in [-0.05, 0) is 37.7 Å². The van der Waals surface area contributed by atoms with Crippen LogP contribution in [-0.2, 0) is 11.2 Å². The monoisotopic (exact) mass is 352 g/mol. The highest BCUT2D eigenvalue weighted by Gasteiger charge is 2.52. The molecule has 0 aliphatic carbocycles. The third-order valence-electron chi connectivity index (χ3n) is 5.68. The molecule has 6 heteroatoms. The Bertz CT molecular complexity index is 774. The number of likely N-dealkylation sites (tertiary alicyclic amines) is 2. The van der Waals surface area contributed by atoms with Crippen LogP contribution in [0.4, 0.5) is 0 Å². The maximum atomic E-state index is 13.4. The van der Waals surface area contributed by atoms with Crippen molar-refractivity contribution in [2.75, 3.05) is 19.6 Å². The zero-order chi connectivity index (χ0) is 18.0. The zero-order valence-corrected chi connectivity index (χ0v) is 14.9. The van der Waals surface area contributed by atoms with Crippen LogP contribution in [0.1, 0.15) is 41.7 Å². The molecule has 3 heterocycles. The van der Waals surface area contributed by atoms with E-state index in [9.17, 15) is 9.59 Å². The quantitative estimate of drug-likeness (QED) is 0.917. The molecule has 1 N–H and O–H groups in total. The van der Waals surface area contributed by atoms with Gasteiger partial charge in [0.25, 0.3) is 5.91 Å². The van der Waals surface area contributed by atoms with Gasteiger partial charge in [-0.3, -0.25) is 9.59 Å². The summed E-state index contributed by atoms with van der Waals surface area (Å²) in [6.45, 7) is 2.12. The van der Waals surface area contributed by atoms with Gasteiger partial charge in [-0.1, -0.05) is 30.3 Å². The average molecular weight is 352 g/mol. The van der Waals surface area contributed by atoms with E-state index in [1.165, 1.54) is 18.1 Å². The number of imidazole rings is 1. The highest BCUT2D eigenvalue weighted by Crippen LogP contribution is 2.39. The lowest BCUT2D eigenvalue weighted by Gasteiger charge is -2.44. The van der Waals surface area contributed by atoms with E-state index in [1.807, 2.05) is 23.1 Å². The van der Waals surface area contributed by atoms with Crippen LogP contribution in [0, 0.1) is 0 Å². The number of H-pyrrole nitrogens is 1. The van der Waals surface area contributed by atoms with E-state index in [1.54, 1.807) is 4.90 Å². The largest absolute Gasteiger partial charge is 0.341 e. The Morgan fingerprint density at radius 1 is 1.15 bits per heavy atom. The topological polar surface area (TPSA) is 69.3 Å². The molecule has 1 aromatic carbocycles. The number of nitrogens with zero attached hydrogens (tertiary/aromatic N) is 3. The second-order valence-electron chi connectivity index (χ2n) is 7.19. The number of hydrogen-bond acceptors (Lipinski definition) is 3. The minimum atomic E-state index is -0.670. The molecule has 1 atom stereocenters. The fourth-order valence-corrected chi connectivity index (χ4v) is 4.36. The predicted molar refractivity (Wildman–Crippen MR) is 97.5 cm³/mol. The first-order valence-corrected chi connectivity index (χ1v) is 9.34. The van der Waals surface area contributed by atoms with E-state index in [-0.39, 0.29) is 11.8 Å². The maximum absolute atomic E-state index is 13.4. The minimum Gasteiger partial charge on any atom is -0.341 e. The molecule has 2 aromatic rings. The van der Waals surface area contributed by atoms with Crippen LogP contribution in [0.25, 0.3) is 0 Å². The molecule has 26 heavy (non-hydrogen) atoms. The van der Waals surface area contributed by atoms with Crippen molar-refractivity contribution in [3.05, 3.63) is 54.1 Å². The molecular formula is C20H24N4O2. The van der Waals surface area contributed by atoms with Crippen molar-refractivity contribution in [1.82, 2.24) is 19.8 Å². The fourth-order valence-electron chi connectivity index (χ4n) is 4.36. The van der Waals surface area contributed by atoms with Gasteiger partial charge in [-0.2, -0.15) is 0 Å². The molecule has 2 fully saturated rings. The standard InChI is InChI=1S/C20H24N4O2/c25-18(17-14-21-15-22-17)24-12-5-10-20(24)9-4-11-23(19(20)26)13-8-16-6-2-1-3-7-16/h1-3,6-7,14-15H,4-5,8-13H2,(H,21,22). The van der Waals surface area contributed by atoms with Crippen molar-refractivity contribution in [2.24, 2.45) is 0 Å². The molecule has 0 bridgehead atoms. The molecule has 0 saturated carbocycles. The van der Waals surface area contributed by atoms with Crippen molar-refractivity contribution >= 4 is 11.8 Å². The normalized spacial score (nSPS) is 23.0. The summed E-state index contributed by atoms with van der Waals surface area (Å²) >= 11 is 0. The van der Waals surface area contributed by atoms with E-state index >= 15 is 0 Å². The Hall–Kier alpha value is -2.63. The third-order valence-corrected chi connectivity index (χ3v) is 5.68. The molecule has 136 valence electrons. The van der Waals surface area contributed by atoms with Crippen LogP contribution in [0.2, 0.25) is 0 Å². The SMILES string of the molecule is O=C(c1cnc[nH]1)N1CCCC12CCCN(CCc1ccccc1)C2=O. The molecule has 0 radical (unpaired) electrons. The van der Waals surface area contributed by atoms with Gasteiger partial charge >= 0.3 is 0 Å². The molecule has 2 aliphatic rings. The Morgan fingerprint density at radius 2 is 1.92 bits per heavy atom. The Morgan fingerprint density at radius 3 is 2.65 bits per heavy atom. The van der Waals surface area contributed by atoms with E-state index < -0.39 is 5.54 Å². The lowest BCUT2D eigenvalue weighted by Crippen LogP contribution is -2.61. The first-order chi connectivity index (χ1) is 12.7. The molecule has 1 unspecified atom stereocenters. The van der Waals surface area contributed by atoms with Gasteiger partial charge < -0.3 is 14.8 Å². The number of nitrogens with one attached hydrogen (secondary N) is 1. The van der Waals surface area contributed by atoms with Crippen molar-refractivity contribution in [1.29, 1.82) is 0 Å². The summed E-state index contributed by atoms with van der Waals surface area (Å²) < 4.78 is 0. The van der Waals surface area contributed by atoms with Gasteiger partial charge in [0.05, 0.1) is 12.5 Å². The Kier molecular flexibility index (Phi) is 4.49. The summed E-state index contributed by atoms with van der Waals surface area (Å²) in [7, 11) is 0. The number of carbonyl (C=O) groups is 2. The maximum Gasteiger partial charge on any atom is 0.272 e. The Balaban J connectivity index is 1.51. The van der Waals surface area contributed by atoms with Gasteiger partial charge in [0.1, 0.15) is 11.2 Å². The predicted octanol–water partition coefficient (Wildman–Crippen LogP) is 2.25. The number of piperidine rings is 1. The number of aromatic amines is 1. The summed E-state index contributed by atoms with van der Waals surface area (Å²) in [4.78, 5) is 36.8. The van der Waals surface area contributed by atoms with Gasteiger partial charge in [0.15, 0.2) is 0 Å². The number of carbonyl (C=O) groups excluding carboxylic acids is 2. The van der Waals surface area contributed by atoms with Crippen molar-refractivity contribution in [3.63, 3.8) is 0 Å². The number of rotatable bonds is 4. The molecule has 2 aliphatic heterocycles. The average Bonchev–Trinajstić information content (AvgIpc) is 3.34. The van der Waals surface area contributed by atoms with Crippen molar-refractivity contribution in [3.8, 4) is 0 Å². The number of aromatic nitrogens is 2. The number of amides is 2. The summed E-state index contributed by atoms with van der Waals surface area (Å²) in [6, 6.07) is 10.2. The molecule has 2 saturated heterocycles. The number of hydrogen-bond donors (Lipinski definition) is 1. The van der Waals surface area contributed by atoms with Crippen LogP contribution >= 0.6 is 0 Å². The van der Waals surface area contributed by atoms with E-state index in [2.05, 4.69) is 22.1 Å². The van der Waals surface area contributed by atoms with E-state index in [0.717, 1.165) is 38.6 Å². The van der Waals surface area contributed by atoms with Gasteiger partial charge in [-0.15, -0.1) is 0 Å². The van der Waals surface area contributed by atoms with Crippen LogP contribution in [0.5, 0.6) is 0 Å². The fraction of sp³-hybridized carbons (Fsp3) is 0.450. The number of benzene rings is 1. The first-order valence-electron chi connectivity index (χ1n) is 9.34. The third kappa shape index (κ3) is 2.89. The first kappa shape index (κ1) is 16.8. The molecule has 6 nitrogen and oxygen atoms in total. The second-order valence-corrected chi connectivity index (χ2v) is 7.19. The molecular weight excluding hydrogens is 328 g/mol.